The maximum absolute atomic E-state index is 13.0. The van der Waals surface area contributed by atoms with Gasteiger partial charge in [0.1, 0.15) is 0 Å². The third-order valence-corrected chi connectivity index (χ3v) is 7.99. The number of nitrogens with zero attached hydrogens (tertiary/aromatic N) is 3. The van der Waals surface area contributed by atoms with Crippen LogP contribution in [-0.4, -0.2) is 29.0 Å². The summed E-state index contributed by atoms with van der Waals surface area (Å²) in [5, 5.41) is 15.9. The zero-order valence-corrected chi connectivity index (χ0v) is 18.7. The minimum Gasteiger partial charge on any atom is -0.242 e. The van der Waals surface area contributed by atoms with Gasteiger partial charge in [-0.1, -0.05) is 40.2 Å². The number of hydrogen-bond donors (Lipinski definition) is 1. The van der Waals surface area contributed by atoms with E-state index < -0.39 is 9.84 Å². The molecule has 1 aromatic heterocycles. The number of benzene rings is 3. The van der Waals surface area contributed by atoms with Crippen LogP contribution in [0.5, 0.6) is 0 Å². The summed E-state index contributed by atoms with van der Waals surface area (Å²) in [6.07, 6.45) is 0. The first-order valence-electron chi connectivity index (χ1n) is 8.79. The van der Waals surface area contributed by atoms with Crippen LogP contribution < -0.4 is 0 Å². The van der Waals surface area contributed by atoms with Crippen LogP contribution in [0.25, 0.3) is 10.8 Å². The lowest BCUT2D eigenvalue weighted by Gasteiger charge is -2.14. The van der Waals surface area contributed by atoms with Crippen molar-refractivity contribution in [2.24, 2.45) is 0 Å². The molecule has 0 atom stereocenters. The van der Waals surface area contributed by atoms with Crippen molar-refractivity contribution in [1.82, 2.24) is 20.6 Å². The van der Waals surface area contributed by atoms with Crippen LogP contribution in [0.1, 0.15) is 17.0 Å². The number of aryl methyl sites for hydroxylation is 1. The summed E-state index contributed by atoms with van der Waals surface area (Å²) >= 11 is 4.93. The van der Waals surface area contributed by atoms with E-state index in [2.05, 4.69) is 43.5 Å². The van der Waals surface area contributed by atoms with E-state index >= 15 is 0 Å². The Morgan fingerprint density at radius 1 is 1.07 bits per heavy atom. The molecule has 0 aliphatic heterocycles. The SMILES string of the molecule is Cc1c(SCc2nnn[nH]2)cc(CS(=O)(=O)c2ccc(Br)cc2)c2ccccc12. The average Bonchev–Trinajstić information content (AvgIpc) is 3.23. The van der Waals surface area contributed by atoms with Crippen molar-refractivity contribution in [2.75, 3.05) is 0 Å². The van der Waals surface area contributed by atoms with E-state index in [1.165, 1.54) is 0 Å². The maximum atomic E-state index is 13.0. The second-order valence-corrected chi connectivity index (χ2v) is 10.5. The third-order valence-electron chi connectivity index (χ3n) is 4.62. The van der Waals surface area contributed by atoms with Gasteiger partial charge >= 0.3 is 0 Å². The van der Waals surface area contributed by atoms with E-state index in [-0.39, 0.29) is 5.75 Å². The number of halogens is 1. The van der Waals surface area contributed by atoms with Gasteiger partial charge in [-0.2, -0.15) is 0 Å². The van der Waals surface area contributed by atoms with Crippen LogP contribution in [0.3, 0.4) is 0 Å². The van der Waals surface area contributed by atoms with Crippen molar-refractivity contribution in [2.45, 2.75) is 28.2 Å². The summed E-state index contributed by atoms with van der Waals surface area (Å²) in [5.41, 5.74) is 1.90. The zero-order chi connectivity index (χ0) is 20.4. The monoisotopic (exact) mass is 488 g/mol. The molecule has 0 radical (unpaired) electrons. The molecule has 0 fully saturated rings. The Hall–Kier alpha value is -2.23. The van der Waals surface area contributed by atoms with Gasteiger partial charge in [0.2, 0.25) is 0 Å². The van der Waals surface area contributed by atoms with Crippen LogP contribution in [0.2, 0.25) is 0 Å². The zero-order valence-electron chi connectivity index (χ0n) is 15.5. The molecule has 4 rings (SSSR count). The molecular weight excluding hydrogens is 472 g/mol. The van der Waals surface area contributed by atoms with Gasteiger partial charge < -0.3 is 0 Å². The first-order valence-corrected chi connectivity index (χ1v) is 12.2. The second-order valence-electron chi connectivity index (χ2n) is 6.55. The number of hydrogen-bond acceptors (Lipinski definition) is 6. The van der Waals surface area contributed by atoms with Gasteiger partial charge in [0.05, 0.1) is 16.4 Å². The van der Waals surface area contributed by atoms with Crippen molar-refractivity contribution >= 4 is 48.3 Å². The molecule has 0 unspecified atom stereocenters. The molecule has 148 valence electrons. The normalized spacial score (nSPS) is 11.8. The Balaban J connectivity index is 1.74. The van der Waals surface area contributed by atoms with Gasteiger partial charge in [-0.3, -0.25) is 0 Å². The number of aromatic amines is 1. The Labute approximate surface area is 181 Å². The van der Waals surface area contributed by atoms with E-state index in [1.807, 2.05) is 30.3 Å². The molecule has 4 aromatic rings. The first-order chi connectivity index (χ1) is 13.9. The molecule has 3 aromatic carbocycles. The van der Waals surface area contributed by atoms with Gasteiger partial charge in [-0.25, -0.2) is 13.5 Å². The highest BCUT2D eigenvalue weighted by atomic mass is 79.9. The van der Waals surface area contributed by atoms with Gasteiger partial charge in [0.25, 0.3) is 0 Å². The number of rotatable bonds is 6. The van der Waals surface area contributed by atoms with Gasteiger partial charge in [-0.15, -0.1) is 16.9 Å². The summed E-state index contributed by atoms with van der Waals surface area (Å²) in [5.74, 6) is 1.18. The minimum absolute atomic E-state index is 0.0626. The summed E-state index contributed by atoms with van der Waals surface area (Å²) in [4.78, 5) is 1.33. The van der Waals surface area contributed by atoms with Crippen LogP contribution in [0, 0.1) is 6.92 Å². The highest BCUT2D eigenvalue weighted by Gasteiger charge is 2.19. The molecular formula is C20H17BrN4O2S2. The predicted octanol–water partition coefficient (Wildman–Crippen LogP) is 4.69. The smallest absolute Gasteiger partial charge is 0.182 e. The molecule has 0 spiro atoms. The second kappa shape index (κ2) is 8.25. The van der Waals surface area contributed by atoms with E-state index in [4.69, 9.17) is 0 Å². The summed E-state index contributed by atoms with van der Waals surface area (Å²) < 4.78 is 26.9. The van der Waals surface area contributed by atoms with Crippen molar-refractivity contribution in [1.29, 1.82) is 0 Å². The summed E-state index contributed by atoms with van der Waals surface area (Å²) in [7, 11) is -3.48. The van der Waals surface area contributed by atoms with Crippen LogP contribution in [-0.2, 0) is 21.3 Å². The van der Waals surface area contributed by atoms with E-state index in [1.54, 1.807) is 36.0 Å². The molecule has 29 heavy (non-hydrogen) atoms. The summed E-state index contributed by atoms with van der Waals surface area (Å²) in [6, 6.07) is 16.6. The van der Waals surface area contributed by atoms with Gasteiger partial charge in [0, 0.05) is 9.37 Å². The quantitative estimate of drug-likeness (QED) is 0.396. The predicted molar refractivity (Wildman–Crippen MR) is 117 cm³/mol. The molecule has 0 saturated heterocycles. The molecule has 0 bridgehead atoms. The highest BCUT2D eigenvalue weighted by molar-refractivity contribution is 9.10. The van der Waals surface area contributed by atoms with Crippen LogP contribution in [0.4, 0.5) is 0 Å². The largest absolute Gasteiger partial charge is 0.242 e. The fourth-order valence-electron chi connectivity index (χ4n) is 3.15. The third kappa shape index (κ3) is 4.36. The first kappa shape index (κ1) is 20.1. The topological polar surface area (TPSA) is 88.6 Å². The Morgan fingerprint density at radius 2 is 1.79 bits per heavy atom. The van der Waals surface area contributed by atoms with Crippen LogP contribution in [0.15, 0.2) is 68.9 Å². The Bertz CT molecular complexity index is 1260. The standard InChI is InChI=1S/C20H17BrN4O2S2/c1-13-17-4-2-3-5-18(17)14(10-19(13)28-11-20-22-24-25-23-20)12-29(26,27)16-8-6-15(21)7-9-16/h2-10H,11-12H2,1H3,(H,22,23,24,25). The number of aromatic nitrogens is 4. The van der Waals surface area contributed by atoms with Gasteiger partial charge in [0.15, 0.2) is 15.7 Å². The van der Waals surface area contributed by atoms with E-state index in [0.29, 0.717) is 16.5 Å². The summed E-state index contributed by atoms with van der Waals surface area (Å²) in [6.45, 7) is 2.05. The maximum Gasteiger partial charge on any atom is 0.182 e. The van der Waals surface area contributed by atoms with E-state index in [0.717, 1.165) is 31.3 Å². The number of tetrazole rings is 1. The lowest BCUT2D eigenvalue weighted by atomic mass is 10.0. The molecule has 0 aliphatic carbocycles. The highest BCUT2D eigenvalue weighted by Crippen LogP contribution is 2.34. The Kier molecular flexibility index (Phi) is 5.71. The fraction of sp³-hybridized carbons (Fsp3) is 0.150. The number of sulfone groups is 1. The van der Waals surface area contributed by atoms with Gasteiger partial charge in [-0.05, 0) is 69.6 Å². The number of fused-ring (bicyclic) bond motifs is 1. The number of thioether (sulfide) groups is 1. The van der Waals surface area contributed by atoms with Crippen molar-refractivity contribution in [3.8, 4) is 0 Å². The lowest BCUT2D eigenvalue weighted by molar-refractivity contribution is 0.595. The molecule has 6 nitrogen and oxygen atoms in total. The number of H-pyrrole nitrogens is 1. The molecule has 0 amide bonds. The van der Waals surface area contributed by atoms with E-state index in [9.17, 15) is 8.42 Å². The van der Waals surface area contributed by atoms with Crippen LogP contribution >= 0.6 is 27.7 Å². The Morgan fingerprint density at radius 3 is 2.48 bits per heavy atom. The molecule has 1 N–H and O–H groups in total. The fourth-order valence-corrected chi connectivity index (χ4v) is 5.75. The van der Waals surface area contributed by atoms with Crippen molar-refractivity contribution in [3.63, 3.8) is 0 Å². The van der Waals surface area contributed by atoms with Crippen molar-refractivity contribution < 1.29 is 8.42 Å². The average molecular weight is 489 g/mol. The minimum atomic E-state index is -3.48. The number of nitrogens with one attached hydrogen (secondary N) is 1. The van der Waals surface area contributed by atoms with Crippen molar-refractivity contribution in [3.05, 3.63) is 76.0 Å². The molecule has 0 aliphatic rings. The molecule has 9 heteroatoms. The molecule has 1 heterocycles. The lowest BCUT2D eigenvalue weighted by Crippen LogP contribution is -2.06. The molecule has 0 saturated carbocycles.